The van der Waals surface area contributed by atoms with Crippen molar-refractivity contribution in [3.63, 3.8) is 0 Å². The van der Waals surface area contributed by atoms with Crippen molar-refractivity contribution in [2.75, 3.05) is 18.1 Å². The molecule has 0 unspecified atom stereocenters. The van der Waals surface area contributed by atoms with Crippen LogP contribution in [-0.4, -0.2) is 30.3 Å². The van der Waals surface area contributed by atoms with E-state index >= 15 is 0 Å². The highest BCUT2D eigenvalue weighted by molar-refractivity contribution is 5.52. The maximum atomic E-state index is 9.38. The molecule has 0 atom stereocenters. The fraction of sp³-hybridized carbons (Fsp3) is 0.667. The number of aryl methyl sites for hydroxylation is 1. The fourth-order valence-corrected chi connectivity index (χ4v) is 3.22. The summed E-state index contributed by atoms with van der Waals surface area (Å²) in [6.45, 7) is 8.43. The van der Waals surface area contributed by atoms with E-state index in [1.54, 1.807) is 0 Å². The molecule has 0 saturated heterocycles. The highest BCUT2D eigenvalue weighted by Gasteiger charge is 2.22. The zero-order valence-corrected chi connectivity index (χ0v) is 13.7. The van der Waals surface area contributed by atoms with Crippen molar-refractivity contribution < 1.29 is 5.11 Å². The molecule has 1 fully saturated rings. The summed E-state index contributed by atoms with van der Waals surface area (Å²) in [6, 6.07) is 7.85. The number of rotatable bonds is 7. The van der Waals surface area contributed by atoms with Crippen molar-refractivity contribution >= 4 is 5.69 Å². The van der Waals surface area contributed by atoms with Gasteiger partial charge in [0.05, 0.1) is 6.61 Å². The average Bonchev–Trinajstić information content (AvgIpc) is 2.97. The van der Waals surface area contributed by atoms with Gasteiger partial charge in [0.15, 0.2) is 0 Å². The van der Waals surface area contributed by atoms with E-state index in [2.05, 4.69) is 49.2 Å². The van der Waals surface area contributed by atoms with E-state index in [4.69, 9.17) is 0 Å². The van der Waals surface area contributed by atoms with Gasteiger partial charge in [0.25, 0.3) is 0 Å². The molecule has 1 aliphatic carbocycles. The summed E-state index contributed by atoms with van der Waals surface area (Å²) in [5.41, 5.74) is 3.96. The lowest BCUT2D eigenvalue weighted by Crippen LogP contribution is -2.35. The smallest absolute Gasteiger partial charge is 0.0606 e. The Balaban J connectivity index is 2.11. The molecule has 2 rings (SSSR count). The van der Waals surface area contributed by atoms with Crippen molar-refractivity contribution in [2.24, 2.45) is 0 Å². The minimum absolute atomic E-state index is 0.228. The normalized spacial score (nSPS) is 15.9. The number of hydrogen-bond acceptors (Lipinski definition) is 3. The lowest BCUT2D eigenvalue weighted by atomic mass is 10.1. The second kappa shape index (κ2) is 7.81. The molecule has 118 valence electrons. The Labute approximate surface area is 129 Å². The third-order valence-electron chi connectivity index (χ3n) is 4.46. The van der Waals surface area contributed by atoms with E-state index in [0.717, 1.165) is 13.1 Å². The third kappa shape index (κ3) is 4.45. The van der Waals surface area contributed by atoms with Crippen LogP contribution in [0.15, 0.2) is 18.2 Å². The highest BCUT2D eigenvalue weighted by Crippen LogP contribution is 2.29. The van der Waals surface area contributed by atoms with E-state index in [9.17, 15) is 5.11 Å². The predicted octanol–water partition coefficient (Wildman–Crippen LogP) is 3.23. The van der Waals surface area contributed by atoms with Crippen LogP contribution in [0.25, 0.3) is 0 Å². The first-order valence-corrected chi connectivity index (χ1v) is 8.32. The molecule has 1 aromatic carbocycles. The molecule has 0 amide bonds. The first-order chi connectivity index (χ1) is 10.1. The minimum Gasteiger partial charge on any atom is -0.395 e. The zero-order valence-electron chi connectivity index (χ0n) is 13.7. The van der Waals surface area contributed by atoms with Crippen molar-refractivity contribution in [2.45, 2.75) is 65.1 Å². The first-order valence-electron chi connectivity index (χ1n) is 8.32. The second-order valence-electron chi connectivity index (χ2n) is 6.50. The Morgan fingerprint density at radius 1 is 1.29 bits per heavy atom. The molecule has 1 aliphatic rings. The number of nitrogens with one attached hydrogen (secondary N) is 1. The molecule has 0 heterocycles. The Morgan fingerprint density at radius 3 is 2.57 bits per heavy atom. The van der Waals surface area contributed by atoms with Crippen LogP contribution in [0.1, 0.15) is 50.7 Å². The number of aliphatic hydroxyl groups is 1. The molecule has 1 aromatic rings. The van der Waals surface area contributed by atoms with E-state index in [1.807, 2.05) is 0 Å². The fourth-order valence-electron chi connectivity index (χ4n) is 3.22. The van der Waals surface area contributed by atoms with E-state index in [1.165, 1.54) is 42.5 Å². The Morgan fingerprint density at radius 2 is 2.00 bits per heavy atom. The van der Waals surface area contributed by atoms with Crippen molar-refractivity contribution in [1.82, 2.24) is 5.32 Å². The van der Waals surface area contributed by atoms with Crippen molar-refractivity contribution in [1.29, 1.82) is 0 Å². The number of anilines is 1. The molecule has 0 aliphatic heterocycles. The lowest BCUT2D eigenvalue weighted by molar-refractivity contribution is 0.297. The molecule has 0 spiro atoms. The number of benzene rings is 1. The molecule has 0 bridgehead atoms. The van der Waals surface area contributed by atoms with Crippen LogP contribution in [-0.2, 0) is 6.54 Å². The van der Waals surface area contributed by atoms with Crippen LogP contribution >= 0.6 is 0 Å². The highest BCUT2D eigenvalue weighted by atomic mass is 16.3. The summed E-state index contributed by atoms with van der Waals surface area (Å²) in [5.74, 6) is 0. The van der Waals surface area contributed by atoms with Gasteiger partial charge in [-0.3, -0.25) is 0 Å². The maximum absolute atomic E-state index is 9.38. The summed E-state index contributed by atoms with van der Waals surface area (Å²) in [6.07, 6.45) is 5.16. The van der Waals surface area contributed by atoms with Crippen LogP contribution in [0.5, 0.6) is 0 Å². The molecular weight excluding hydrogens is 260 g/mol. The monoisotopic (exact) mass is 290 g/mol. The topological polar surface area (TPSA) is 35.5 Å². The zero-order chi connectivity index (χ0) is 15.2. The first kappa shape index (κ1) is 16.3. The lowest BCUT2D eigenvalue weighted by Gasteiger charge is -2.31. The summed E-state index contributed by atoms with van der Waals surface area (Å²) in [4.78, 5) is 2.40. The molecule has 21 heavy (non-hydrogen) atoms. The molecule has 2 N–H and O–H groups in total. The van der Waals surface area contributed by atoms with Crippen LogP contribution < -0.4 is 10.2 Å². The number of nitrogens with zero attached hydrogens (tertiary/aromatic N) is 1. The van der Waals surface area contributed by atoms with Gasteiger partial charge in [0.1, 0.15) is 0 Å². The van der Waals surface area contributed by atoms with Gasteiger partial charge in [-0.15, -0.1) is 0 Å². The summed E-state index contributed by atoms with van der Waals surface area (Å²) in [5, 5.41) is 12.9. The third-order valence-corrected chi connectivity index (χ3v) is 4.46. The van der Waals surface area contributed by atoms with Gasteiger partial charge in [0, 0.05) is 30.9 Å². The maximum Gasteiger partial charge on any atom is 0.0606 e. The largest absolute Gasteiger partial charge is 0.395 e. The van der Waals surface area contributed by atoms with E-state index in [-0.39, 0.29) is 6.61 Å². The van der Waals surface area contributed by atoms with Crippen LogP contribution in [0, 0.1) is 6.92 Å². The number of aliphatic hydroxyl groups excluding tert-OH is 1. The SMILES string of the molecule is Cc1cc(N(CCO)C2CCCC2)ccc1CNC(C)C. The van der Waals surface area contributed by atoms with Gasteiger partial charge in [-0.1, -0.05) is 32.8 Å². The quantitative estimate of drug-likeness (QED) is 0.809. The Hall–Kier alpha value is -1.06. The summed E-state index contributed by atoms with van der Waals surface area (Å²) < 4.78 is 0. The number of hydrogen-bond donors (Lipinski definition) is 2. The van der Waals surface area contributed by atoms with Gasteiger partial charge in [0.2, 0.25) is 0 Å². The van der Waals surface area contributed by atoms with Crippen LogP contribution in [0.3, 0.4) is 0 Å². The van der Waals surface area contributed by atoms with Crippen molar-refractivity contribution in [3.05, 3.63) is 29.3 Å². The van der Waals surface area contributed by atoms with Crippen LogP contribution in [0.4, 0.5) is 5.69 Å². The average molecular weight is 290 g/mol. The van der Waals surface area contributed by atoms with E-state index < -0.39 is 0 Å². The molecule has 1 saturated carbocycles. The molecular formula is C18H30N2O. The second-order valence-corrected chi connectivity index (χ2v) is 6.50. The molecule has 0 aromatic heterocycles. The molecule has 0 radical (unpaired) electrons. The summed E-state index contributed by atoms with van der Waals surface area (Å²) in [7, 11) is 0. The Kier molecular flexibility index (Phi) is 6.07. The van der Waals surface area contributed by atoms with Gasteiger partial charge in [-0.05, 0) is 43.0 Å². The summed E-state index contributed by atoms with van der Waals surface area (Å²) >= 11 is 0. The molecule has 3 heteroatoms. The van der Waals surface area contributed by atoms with Crippen LogP contribution in [0.2, 0.25) is 0 Å². The molecule has 3 nitrogen and oxygen atoms in total. The van der Waals surface area contributed by atoms with Gasteiger partial charge < -0.3 is 15.3 Å². The Bertz CT molecular complexity index is 439. The van der Waals surface area contributed by atoms with E-state index in [0.29, 0.717) is 12.1 Å². The minimum atomic E-state index is 0.228. The predicted molar refractivity (Wildman–Crippen MR) is 89.8 cm³/mol. The van der Waals surface area contributed by atoms with Crippen molar-refractivity contribution in [3.8, 4) is 0 Å². The van der Waals surface area contributed by atoms with Gasteiger partial charge >= 0.3 is 0 Å². The van der Waals surface area contributed by atoms with Gasteiger partial charge in [-0.2, -0.15) is 0 Å². The standard InChI is InChI=1S/C18H30N2O/c1-14(2)19-13-16-8-9-18(12-15(16)3)20(10-11-21)17-6-4-5-7-17/h8-9,12,14,17,19,21H,4-7,10-11,13H2,1-3H3. The van der Waals surface area contributed by atoms with Gasteiger partial charge in [-0.25, -0.2) is 0 Å².